The minimum atomic E-state index is -0.894. The van der Waals surface area contributed by atoms with Crippen molar-refractivity contribution in [3.05, 3.63) is 30.5 Å². The lowest BCUT2D eigenvalue weighted by molar-refractivity contribution is -0.129. The third kappa shape index (κ3) is 3.24. The monoisotopic (exact) mass is 434 g/mol. The van der Waals surface area contributed by atoms with Gasteiger partial charge in [0.15, 0.2) is 17.0 Å². The number of benzene rings is 1. The van der Waals surface area contributed by atoms with Gasteiger partial charge in [-0.15, -0.1) is 0 Å². The van der Waals surface area contributed by atoms with Gasteiger partial charge in [-0.05, 0) is 63.4 Å². The van der Waals surface area contributed by atoms with Crippen LogP contribution in [0.5, 0.6) is 5.75 Å². The van der Waals surface area contributed by atoms with Crippen molar-refractivity contribution in [1.82, 2.24) is 15.3 Å². The molecule has 0 radical (unpaired) electrons. The number of fused-ring (bicyclic) bond motifs is 3. The fourth-order valence-electron chi connectivity index (χ4n) is 4.86. The first kappa shape index (κ1) is 19.4. The number of carbonyl (C=O) groups is 1. The standard InChI is InChI=1S/C23H26N6O3/c1-23(2)21(30)26-17-9-15(3-4-18(17)32-23)25-22-27-16-6-8-31-19(16)20(28-22)29-7-5-13-10-24-11-14(13)12-29/h3-4,6,8-9,13-14,24H,5,7,10-12H2,1-2H3,(H,26,30)(H,25,27,28). The second kappa shape index (κ2) is 7.09. The zero-order valence-electron chi connectivity index (χ0n) is 18.1. The summed E-state index contributed by atoms with van der Waals surface area (Å²) in [6.07, 6.45) is 2.80. The molecule has 9 nitrogen and oxygen atoms in total. The van der Waals surface area contributed by atoms with Crippen LogP contribution >= 0.6 is 0 Å². The Morgan fingerprint density at radius 3 is 2.97 bits per heavy atom. The first-order valence-corrected chi connectivity index (χ1v) is 11.1. The van der Waals surface area contributed by atoms with Crippen LogP contribution < -0.4 is 25.6 Å². The van der Waals surface area contributed by atoms with Crippen molar-refractivity contribution in [2.45, 2.75) is 25.9 Å². The SMILES string of the molecule is CC1(C)Oc2ccc(Nc3nc(N4CCC5CNCC5C4)c4occc4n3)cc2NC1=O. The van der Waals surface area contributed by atoms with E-state index in [-0.39, 0.29) is 5.91 Å². The van der Waals surface area contributed by atoms with E-state index in [2.05, 4.69) is 25.8 Å². The van der Waals surface area contributed by atoms with Crippen molar-refractivity contribution >= 4 is 40.1 Å². The first-order chi connectivity index (χ1) is 15.5. The van der Waals surface area contributed by atoms with E-state index in [0.29, 0.717) is 28.9 Å². The minimum absolute atomic E-state index is 0.176. The van der Waals surface area contributed by atoms with Crippen LogP contribution in [0.25, 0.3) is 11.1 Å². The van der Waals surface area contributed by atoms with Crippen molar-refractivity contribution < 1.29 is 13.9 Å². The number of nitrogens with one attached hydrogen (secondary N) is 3. The summed E-state index contributed by atoms with van der Waals surface area (Å²) in [7, 11) is 0. The molecular weight excluding hydrogens is 408 g/mol. The van der Waals surface area contributed by atoms with Crippen LogP contribution in [0.15, 0.2) is 34.9 Å². The molecule has 2 saturated heterocycles. The average molecular weight is 435 g/mol. The van der Waals surface area contributed by atoms with Crippen LogP contribution in [0.1, 0.15) is 20.3 Å². The van der Waals surface area contributed by atoms with E-state index in [9.17, 15) is 4.79 Å². The lowest BCUT2D eigenvalue weighted by Crippen LogP contribution is -2.45. The van der Waals surface area contributed by atoms with Crippen molar-refractivity contribution in [3.8, 4) is 5.75 Å². The number of hydrogen-bond acceptors (Lipinski definition) is 8. The largest absolute Gasteiger partial charge is 0.476 e. The van der Waals surface area contributed by atoms with Crippen molar-refractivity contribution in [2.24, 2.45) is 11.8 Å². The zero-order chi connectivity index (χ0) is 21.9. The molecule has 0 saturated carbocycles. The number of carbonyl (C=O) groups excluding carboxylic acids is 1. The summed E-state index contributed by atoms with van der Waals surface area (Å²) < 4.78 is 11.6. The molecule has 6 rings (SSSR count). The van der Waals surface area contributed by atoms with Gasteiger partial charge in [0.1, 0.15) is 11.3 Å². The molecule has 9 heteroatoms. The van der Waals surface area contributed by atoms with Gasteiger partial charge in [0.25, 0.3) is 5.91 Å². The van der Waals surface area contributed by atoms with E-state index >= 15 is 0 Å². The van der Waals surface area contributed by atoms with Crippen LogP contribution in [0.3, 0.4) is 0 Å². The van der Waals surface area contributed by atoms with E-state index in [1.54, 1.807) is 20.1 Å². The zero-order valence-corrected chi connectivity index (χ0v) is 18.1. The molecule has 0 spiro atoms. The Bertz CT molecular complexity index is 1210. The number of anilines is 4. The van der Waals surface area contributed by atoms with Gasteiger partial charge in [-0.1, -0.05) is 0 Å². The second-order valence-corrected chi connectivity index (χ2v) is 9.32. The number of hydrogen-bond donors (Lipinski definition) is 3. The average Bonchev–Trinajstić information content (AvgIpc) is 3.42. The number of furan rings is 1. The fraction of sp³-hybridized carbons (Fsp3) is 0.435. The van der Waals surface area contributed by atoms with Gasteiger partial charge < -0.3 is 30.0 Å². The van der Waals surface area contributed by atoms with E-state index in [4.69, 9.17) is 14.1 Å². The Kier molecular flexibility index (Phi) is 4.29. The fourth-order valence-corrected chi connectivity index (χ4v) is 4.86. The smallest absolute Gasteiger partial charge is 0.268 e. The Labute approximate surface area is 185 Å². The van der Waals surface area contributed by atoms with Crippen LogP contribution in [0.4, 0.5) is 23.1 Å². The minimum Gasteiger partial charge on any atom is -0.476 e. The molecule has 32 heavy (non-hydrogen) atoms. The van der Waals surface area contributed by atoms with E-state index < -0.39 is 5.60 Å². The molecule has 5 heterocycles. The van der Waals surface area contributed by atoms with Crippen molar-refractivity contribution in [1.29, 1.82) is 0 Å². The normalized spacial score (nSPS) is 23.9. The van der Waals surface area contributed by atoms with E-state index in [1.165, 1.54) is 0 Å². The molecule has 2 atom stereocenters. The van der Waals surface area contributed by atoms with Crippen LogP contribution in [-0.4, -0.2) is 47.7 Å². The third-order valence-electron chi connectivity index (χ3n) is 6.69. The number of piperidine rings is 1. The molecule has 3 N–H and O–H groups in total. The molecule has 1 aromatic carbocycles. The molecule has 1 amide bonds. The van der Waals surface area contributed by atoms with Crippen LogP contribution in [0.2, 0.25) is 0 Å². The maximum atomic E-state index is 12.3. The van der Waals surface area contributed by atoms with Crippen LogP contribution in [-0.2, 0) is 4.79 Å². The highest BCUT2D eigenvalue weighted by atomic mass is 16.5. The number of nitrogens with zero attached hydrogens (tertiary/aromatic N) is 3. The summed E-state index contributed by atoms with van der Waals surface area (Å²) >= 11 is 0. The topological polar surface area (TPSA) is 105 Å². The van der Waals surface area contributed by atoms with Gasteiger partial charge in [-0.2, -0.15) is 4.98 Å². The number of amides is 1. The Hall–Kier alpha value is -3.33. The lowest BCUT2D eigenvalue weighted by Gasteiger charge is -2.35. The summed E-state index contributed by atoms with van der Waals surface area (Å²) in [5, 5.41) is 9.71. The number of ether oxygens (including phenoxy) is 1. The van der Waals surface area contributed by atoms with Crippen LogP contribution in [0, 0.1) is 11.8 Å². The Morgan fingerprint density at radius 2 is 2.06 bits per heavy atom. The van der Waals surface area contributed by atoms with E-state index in [0.717, 1.165) is 55.5 Å². The van der Waals surface area contributed by atoms with Gasteiger partial charge in [-0.25, -0.2) is 4.98 Å². The van der Waals surface area contributed by atoms with Gasteiger partial charge >= 0.3 is 0 Å². The quantitative estimate of drug-likeness (QED) is 0.578. The Morgan fingerprint density at radius 1 is 1.19 bits per heavy atom. The predicted octanol–water partition coefficient (Wildman–Crippen LogP) is 3.12. The number of aromatic nitrogens is 2. The van der Waals surface area contributed by atoms with Gasteiger partial charge in [0.2, 0.25) is 5.95 Å². The lowest BCUT2D eigenvalue weighted by atomic mass is 9.89. The maximum absolute atomic E-state index is 12.3. The molecular formula is C23H26N6O3. The van der Waals surface area contributed by atoms with E-state index in [1.807, 2.05) is 24.3 Å². The molecule has 2 aromatic heterocycles. The summed E-state index contributed by atoms with van der Waals surface area (Å²) in [5.41, 5.74) is 1.97. The second-order valence-electron chi connectivity index (χ2n) is 9.32. The summed E-state index contributed by atoms with van der Waals surface area (Å²) in [6, 6.07) is 7.43. The maximum Gasteiger partial charge on any atom is 0.268 e. The summed E-state index contributed by atoms with van der Waals surface area (Å²) in [6.45, 7) is 7.57. The molecule has 2 fully saturated rings. The highest BCUT2D eigenvalue weighted by Gasteiger charge is 2.36. The molecule has 2 unspecified atom stereocenters. The highest BCUT2D eigenvalue weighted by molar-refractivity contribution is 6.00. The molecule has 0 bridgehead atoms. The third-order valence-corrected chi connectivity index (χ3v) is 6.69. The molecule has 3 aromatic rings. The van der Waals surface area contributed by atoms with Gasteiger partial charge in [0, 0.05) is 24.8 Å². The molecule has 0 aliphatic carbocycles. The molecule has 166 valence electrons. The summed E-state index contributed by atoms with van der Waals surface area (Å²) in [5.74, 6) is 3.16. The van der Waals surface area contributed by atoms with Crippen molar-refractivity contribution in [2.75, 3.05) is 41.7 Å². The Balaban J connectivity index is 1.30. The molecule has 3 aliphatic heterocycles. The molecule has 3 aliphatic rings. The first-order valence-electron chi connectivity index (χ1n) is 11.1. The van der Waals surface area contributed by atoms with Gasteiger partial charge in [0.05, 0.1) is 12.0 Å². The predicted molar refractivity (Wildman–Crippen MR) is 122 cm³/mol. The van der Waals surface area contributed by atoms with Gasteiger partial charge in [-0.3, -0.25) is 4.79 Å². The highest BCUT2D eigenvalue weighted by Crippen LogP contribution is 2.37. The summed E-state index contributed by atoms with van der Waals surface area (Å²) in [4.78, 5) is 24.0. The van der Waals surface area contributed by atoms with Crippen molar-refractivity contribution in [3.63, 3.8) is 0 Å². The number of rotatable bonds is 3.